The second kappa shape index (κ2) is 7.05. The number of benzene rings is 1. The number of hydrogen-bond acceptors (Lipinski definition) is 5. The SMILES string of the molecule is CCCOc1nc(Cl)nc(OC(C)c2ccccc2)n1. The molecule has 1 heterocycles. The summed E-state index contributed by atoms with van der Waals surface area (Å²) in [6.07, 6.45) is 0.675. The summed E-state index contributed by atoms with van der Waals surface area (Å²) >= 11 is 5.84. The normalized spacial score (nSPS) is 11.9. The minimum atomic E-state index is -0.186. The molecule has 0 amide bonds. The topological polar surface area (TPSA) is 57.1 Å². The molecule has 0 saturated carbocycles. The molecule has 0 fully saturated rings. The van der Waals surface area contributed by atoms with Crippen molar-refractivity contribution in [2.24, 2.45) is 0 Å². The highest BCUT2D eigenvalue weighted by molar-refractivity contribution is 6.28. The lowest BCUT2D eigenvalue weighted by atomic mass is 10.1. The number of ether oxygens (including phenoxy) is 2. The van der Waals surface area contributed by atoms with Crippen molar-refractivity contribution in [1.82, 2.24) is 15.0 Å². The van der Waals surface area contributed by atoms with Gasteiger partial charge in [0.1, 0.15) is 6.10 Å². The molecule has 0 aliphatic heterocycles. The lowest BCUT2D eigenvalue weighted by Gasteiger charge is -2.13. The van der Waals surface area contributed by atoms with E-state index in [1.165, 1.54) is 0 Å². The van der Waals surface area contributed by atoms with E-state index in [1.807, 2.05) is 44.2 Å². The monoisotopic (exact) mass is 293 g/mol. The van der Waals surface area contributed by atoms with Gasteiger partial charge in [-0.3, -0.25) is 0 Å². The van der Waals surface area contributed by atoms with Gasteiger partial charge in [0.15, 0.2) is 0 Å². The van der Waals surface area contributed by atoms with Crippen molar-refractivity contribution in [1.29, 1.82) is 0 Å². The number of hydrogen-bond donors (Lipinski definition) is 0. The average molecular weight is 294 g/mol. The molecular weight excluding hydrogens is 278 g/mol. The van der Waals surface area contributed by atoms with Gasteiger partial charge >= 0.3 is 12.0 Å². The van der Waals surface area contributed by atoms with Crippen LogP contribution < -0.4 is 9.47 Å². The standard InChI is InChI=1S/C14H16ClN3O2/c1-3-9-19-13-16-12(15)17-14(18-13)20-10(2)11-7-5-4-6-8-11/h4-8,10H,3,9H2,1-2H3. The summed E-state index contributed by atoms with van der Waals surface area (Å²) in [5, 5.41) is 0.0568. The second-order valence-electron chi connectivity index (χ2n) is 4.19. The Labute approximate surface area is 123 Å². The first kappa shape index (κ1) is 14.5. The van der Waals surface area contributed by atoms with Crippen LogP contribution in [0.5, 0.6) is 12.0 Å². The van der Waals surface area contributed by atoms with Crippen molar-refractivity contribution < 1.29 is 9.47 Å². The Hall–Kier alpha value is -1.88. The zero-order chi connectivity index (χ0) is 14.4. The third-order valence-electron chi connectivity index (χ3n) is 2.55. The fraction of sp³-hybridized carbons (Fsp3) is 0.357. The van der Waals surface area contributed by atoms with Crippen LogP contribution in [0.3, 0.4) is 0 Å². The molecule has 0 N–H and O–H groups in total. The number of halogens is 1. The van der Waals surface area contributed by atoms with Crippen LogP contribution in [0, 0.1) is 0 Å². The van der Waals surface area contributed by atoms with Crippen LogP contribution in [-0.2, 0) is 0 Å². The van der Waals surface area contributed by atoms with Gasteiger partial charge in [-0.1, -0.05) is 37.3 Å². The molecule has 1 aromatic heterocycles. The van der Waals surface area contributed by atoms with E-state index in [4.69, 9.17) is 21.1 Å². The third-order valence-corrected chi connectivity index (χ3v) is 2.72. The molecule has 0 bridgehead atoms. The van der Waals surface area contributed by atoms with E-state index in [9.17, 15) is 0 Å². The third kappa shape index (κ3) is 4.06. The van der Waals surface area contributed by atoms with E-state index in [2.05, 4.69) is 15.0 Å². The van der Waals surface area contributed by atoms with Gasteiger partial charge in [0.2, 0.25) is 5.28 Å². The molecule has 5 nitrogen and oxygen atoms in total. The Morgan fingerprint density at radius 3 is 2.50 bits per heavy atom. The highest BCUT2D eigenvalue weighted by Gasteiger charge is 2.12. The molecule has 1 aromatic carbocycles. The van der Waals surface area contributed by atoms with Crippen molar-refractivity contribution in [3.05, 3.63) is 41.2 Å². The number of aromatic nitrogens is 3. The molecule has 0 spiro atoms. The van der Waals surface area contributed by atoms with Crippen LogP contribution in [0.25, 0.3) is 0 Å². The highest BCUT2D eigenvalue weighted by atomic mass is 35.5. The van der Waals surface area contributed by atoms with E-state index in [0.29, 0.717) is 6.61 Å². The van der Waals surface area contributed by atoms with Crippen molar-refractivity contribution in [2.75, 3.05) is 6.61 Å². The highest BCUT2D eigenvalue weighted by Crippen LogP contribution is 2.20. The molecule has 2 rings (SSSR count). The molecule has 0 saturated heterocycles. The summed E-state index contributed by atoms with van der Waals surface area (Å²) in [5.74, 6) is 0. The maximum Gasteiger partial charge on any atom is 0.324 e. The smallest absolute Gasteiger partial charge is 0.324 e. The predicted molar refractivity (Wildman–Crippen MR) is 76.1 cm³/mol. The van der Waals surface area contributed by atoms with E-state index in [-0.39, 0.29) is 23.4 Å². The molecule has 6 heteroatoms. The van der Waals surface area contributed by atoms with E-state index in [0.717, 1.165) is 12.0 Å². The summed E-state index contributed by atoms with van der Waals surface area (Å²) in [6.45, 7) is 4.44. The molecule has 20 heavy (non-hydrogen) atoms. The Bertz CT molecular complexity index is 551. The Morgan fingerprint density at radius 1 is 1.10 bits per heavy atom. The lowest BCUT2D eigenvalue weighted by molar-refractivity contribution is 0.199. The van der Waals surface area contributed by atoms with Gasteiger partial charge in [-0.05, 0) is 30.5 Å². The van der Waals surface area contributed by atoms with Crippen LogP contribution in [0.15, 0.2) is 30.3 Å². The first-order valence-corrected chi connectivity index (χ1v) is 6.83. The number of rotatable bonds is 6. The summed E-state index contributed by atoms with van der Waals surface area (Å²) in [4.78, 5) is 11.9. The van der Waals surface area contributed by atoms with Crippen LogP contribution in [0.4, 0.5) is 0 Å². The quantitative estimate of drug-likeness (QED) is 0.816. The Kier molecular flexibility index (Phi) is 5.12. The zero-order valence-electron chi connectivity index (χ0n) is 11.4. The van der Waals surface area contributed by atoms with E-state index < -0.39 is 0 Å². The maximum absolute atomic E-state index is 5.84. The van der Waals surface area contributed by atoms with Gasteiger partial charge in [0.25, 0.3) is 0 Å². The number of nitrogens with zero attached hydrogens (tertiary/aromatic N) is 3. The molecule has 1 atom stereocenters. The molecular formula is C14H16ClN3O2. The van der Waals surface area contributed by atoms with Crippen LogP contribution >= 0.6 is 11.6 Å². The largest absolute Gasteiger partial charge is 0.463 e. The van der Waals surface area contributed by atoms with Gasteiger partial charge in [-0.15, -0.1) is 4.98 Å². The summed E-state index contributed by atoms with van der Waals surface area (Å²) in [5.41, 5.74) is 1.03. The van der Waals surface area contributed by atoms with Crippen LogP contribution in [0.1, 0.15) is 31.9 Å². The summed E-state index contributed by atoms with van der Waals surface area (Å²) in [6, 6.07) is 10.1. The molecule has 1 unspecified atom stereocenters. The summed E-state index contributed by atoms with van der Waals surface area (Å²) < 4.78 is 11.0. The minimum absolute atomic E-state index is 0.0568. The summed E-state index contributed by atoms with van der Waals surface area (Å²) in [7, 11) is 0. The van der Waals surface area contributed by atoms with E-state index in [1.54, 1.807) is 0 Å². The molecule has 0 aliphatic carbocycles. The lowest BCUT2D eigenvalue weighted by Crippen LogP contribution is -2.08. The Balaban J connectivity index is 2.10. The second-order valence-corrected chi connectivity index (χ2v) is 4.53. The molecule has 0 radical (unpaired) electrons. The van der Waals surface area contributed by atoms with Crippen LogP contribution in [-0.4, -0.2) is 21.6 Å². The van der Waals surface area contributed by atoms with Gasteiger partial charge in [-0.25, -0.2) is 0 Å². The fourth-order valence-corrected chi connectivity index (χ4v) is 1.72. The van der Waals surface area contributed by atoms with Gasteiger partial charge < -0.3 is 9.47 Å². The first-order valence-electron chi connectivity index (χ1n) is 6.45. The fourth-order valence-electron chi connectivity index (χ4n) is 1.58. The van der Waals surface area contributed by atoms with Gasteiger partial charge in [0, 0.05) is 0 Å². The molecule has 0 aliphatic rings. The predicted octanol–water partition coefficient (Wildman–Crippen LogP) is 3.45. The van der Waals surface area contributed by atoms with E-state index >= 15 is 0 Å². The van der Waals surface area contributed by atoms with Crippen molar-refractivity contribution in [2.45, 2.75) is 26.4 Å². The van der Waals surface area contributed by atoms with Gasteiger partial charge in [0.05, 0.1) is 6.61 Å². The maximum atomic E-state index is 5.84. The Morgan fingerprint density at radius 2 is 1.80 bits per heavy atom. The van der Waals surface area contributed by atoms with Crippen molar-refractivity contribution in [3.8, 4) is 12.0 Å². The van der Waals surface area contributed by atoms with Crippen molar-refractivity contribution >= 4 is 11.6 Å². The van der Waals surface area contributed by atoms with Gasteiger partial charge in [-0.2, -0.15) is 9.97 Å². The average Bonchev–Trinajstić information content (AvgIpc) is 2.45. The molecule has 2 aromatic rings. The molecule has 106 valence electrons. The zero-order valence-corrected chi connectivity index (χ0v) is 12.2. The van der Waals surface area contributed by atoms with Crippen molar-refractivity contribution in [3.63, 3.8) is 0 Å². The van der Waals surface area contributed by atoms with Crippen LogP contribution in [0.2, 0.25) is 5.28 Å². The minimum Gasteiger partial charge on any atom is -0.463 e. The first-order chi connectivity index (χ1) is 9.69.